The van der Waals surface area contributed by atoms with Crippen LogP contribution in [0.25, 0.3) is 11.2 Å². The van der Waals surface area contributed by atoms with E-state index in [0.29, 0.717) is 11.6 Å². The van der Waals surface area contributed by atoms with Crippen molar-refractivity contribution >= 4 is 23.5 Å². The Labute approximate surface area is 138 Å². The fourth-order valence-electron chi connectivity index (χ4n) is 3.51. The van der Waals surface area contributed by atoms with Gasteiger partial charge >= 0.3 is 0 Å². The summed E-state index contributed by atoms with van der Waals surface area (Å²) in [5.74, 6) is 0.567. The van der Waals surface area contributed by atoms with E-state index < -0.39 is 6.10 Å². The first-order valence-corrected chi connectivity index (χ1v) is 8.04. The molecule has 4 atom stereocenters. The normalized spacial score (nSPS) is 29.6. The van der Waals surface area contributed by atoms with E-state index in [0.717, 1.165) is 19.3 Å². The van der Waals surface area contributed by atoms with Crippen LogP contribution in [0.15, 0.2) is 16.1 Å². The van der Waals surface area contributed by atoms with Crippen molar-refractivity contribution in [2.24, 2.45) is 10.9 Å². The molecule has 24 heavy (non-hydrogen) atoms. The topological polar surface area (TPSA) is 109 Å². The highest BCUT2D eigenvalue weighted by atomic mass is 16.5. The second-order valence-corrected chi connectivity index (χ2v) is 6.62. The minimum absolute atomic E-state index is 0.138. The quantitative estimate of drug-likeness (QED) is 0.622. The molecule has 0 bridgehead atoms. The second kappa shape index (κ2) is 5.67. The summed E-state index contributed by atoms with van der Waals surface area (Å²) >= 11 is 0. The number of hydrogen-bond donors (Lipinski definition) is 2. The summed E-state index contributed by atoms with van der Waals surface area (Å²) < 4.78 is 7.77. The summed E-state index contributed by atoms with van der Waals surface area (Å²) in [6.45, 7) is 0. The van der Waals surface area contributed by atoms with Gasteiger partial charge in [-0.2, -0.15) is 4.98 Å². The molecule has 9 heteroatoms. The number of hydrogen-bond acceptors (Lipinski definition) is 6. The van der Waals surface area contributed by atoms with E-state index in [4.69, 9.17) is 4.74 Å². The van der Waals surface area contributed by atoms with Crippen molar-refractivity contribution in [2.45, 2.75) is 37.7 Å². The van der Waals surface area contributed by atoms with Crippen LogP contribution in [0.3, 0.4) is 0 Å². The molecule has 1 aliphatic heterocycles. The number of aliphatic imine (C=N–C) groups is 1. The molecule has 2 aromatic rings. The molecular formula is C15H20N6O3. The molecule has 0 aromatic carbocycles. The molecule has 3 heterocycles. The van der Waals surface area contributed by atoms with Gasteiger partial charge in [0, 0.05) is 14.1 Å². The predicted molar refractivity (Wildman–Crippen MR) is 87.2 cm³/mol. The Hall–Kier alpha value is -2.26. The van der Waals surface area contributed by atoms with Gasteiger partial charge in [0.05, 0.1) is 24.9 Å². The van der Waals surface area contributed by atoms with Crippen LogP contribution in [0.2, 0.25) is 0 Å². The second-order valence-electron chi connectivity index (χ2n) is 6.62. The minimum atomic E-state index is -0.411. The van der Waals surface area contributed by atoms with Crippen molar-refractivity contribution < 1.29 is 9.84 Å². The Morgan fingerprint density at radius 1 is 1.50 bits per heavy atom. The largest absolute Gasteiger partial charge is 0.390 e. The number of aromatic amines is 1. The number of aromatic nitrogens is 4. The molecule has 9 nitrogen and oxygen atoms in total. The van der Waals surface area contributed by atoms with Crippen LogP contribution >= 0.6 is 0 Å². The number of H-pyrrole nitrogens is 1. The van der Waals surface area contributed by atoms with Crippen molar-refractivity contribution in [2.75, 3.05) is 14.1 Å². The van der Waals surface area contributed by atoms with Crippen molar-refractivity contribution in [3.05, 3.63) is 16.7 Å². The molecular weight excluding hydrogens is 312 g/mol. The van der Waals surface area contributed by atoms with Gasteiger partial charge in [0.2, 0.25) is 5.95 Å². The van der Waals surface area contributed by atoms with Crippen LogP contribution in [0, 0.1) is 5.92 Å². The molecule has 1 aliphatic carbocycles. The average molecular weight is 332 g/mol. The highest BCUT2D eigenvalue weighted by molar-refractivity contribution is 5.71. The lowest BCUT2D eigenvalue weighted by molar-refractivity contribution is -0.0525. The van der Waals surface area contributed by atoms with Gasteiger partial charge < -0.3 is 14.7 Å². The third kappa shape index (κ3) is 2.49. The maximum Gasteiger partial charge on any atom is 0.280 e. The number of rotatable bonds is 3. The molecule has 1 saturated heterocycles. The Morgan fingerprint density at radius 3 is 3.08 bits per heavy atom. The summed E-state index contributed by atoms with van der Waals surface area (Å²) in [4.78, 5) is 29.3. The fraction of sp³-hybridized carbons (Fsp3) is 0.600. The highest BCUT2D eigenvalue weighted by Gasteiger charge is 2.44. The van der Waals surface area contributed by atoms with E-state index in [-0.39, 0.29) is 29.4 Å². The van der Waals surface area contributed by atoms with Gasteiger partial charge in [0.25, 0.3) is 5.56 Å². The van der Waals surface area contributed by atoms with Crippen LogP contribution in [0.5, 0.6) is 0 Å². The number of aliphatic hydroxyl groups is 1. The van der Waals surface area contributed by atoms with Crippen LogP contribution in [0.4, 0.5) is 5.95 Å². The number of nitrogens with one attached hydrogen (secondary N) is 1. The maximum absolute atomic E-state index is 12.2. The smallest absolute Gasteiger partial charge is 0.280 e. The molecule has 2 aromatic heterocycles. The summed E-state index contributed by atoms with van der Waals surface area (Å²) in [7, 11) is 3.67. The average Bonchev–Trinajstić information content (AvgIpc) is 3.21. The van der Waals surface area contributed by atoms with Crippen LogP contribution in [-0.4, -0.2) is 62.2 Å². The molecule has 2 N–H and O–H groups in total. The van der Waals surface area contributed by atoms with E-state index >= 15 is 0 Å². The first-order valence-electron chi connectivity index (χ1n) is 8.04. The van der Waals surface area contributed by atoms with Crippen molar-refractivity contribution in [1.29, 1.82) is 0 Å². The van der Waals surface area contributed by atoms with Gasteiger partial charge in [-0.05, 0) is 25.2 Å². The first kappa shape index (κ1) is 15.3. The van der Waals surface area contributed by atoms with Gasteiger partial charge in [-0.3, -0.25) is 14.3 Å². The number of imidazole rings is 1. The van der Waals surface area contributed by atoms with Crippen molar-refractivity contribution in [3.8, 4) is 0 Å². The maximum atomic E-state index is 12.2. The lowest BCUT2D eigenvalue weighted by atomic mass is 10.0. The van der Waals surface area contributed by atoms with Crippen LogP contribution < -0.4 is 5.56 Å². The minimum Gasteiger partial charge on any atom is -0.390 e. The van der Waals surface area contributed by atoms with E-state index in [2.05, 4.69) is 19.9 Å². The fourth-order valence-corrected chi connectivity index (χ4v) is 3.51. The van der Waals surface area contributed by atoms with Crippen LogP contribution in [-0.2, 0) is 4.74 Å². The number of aliphatic hydroxyl groups excluding tert-OH is 1. The Morgan fingerprint density at radius 2 is 2.33 bits per heavy atom. The molecule has 2 aliphatic rings. The summed E-state index contributed by atoms with van der Waals surface area (Å²) in [5, 5.41) is 9.99. The van der Waals surface area contributed by atoms with Crippen molar-refractivity contribution in [1.82, 2.24) is 24.4 Å². The highest BCUT2D eigenvalue weighted by Crippen LogP contribution is 2.43. The van der Waals surface area contributed by atoms with Gasteiger partial charge in [-0.15, -0.1) is 0 Å². The Bertz CT molecular complexity index is 841. The summed E-state index contributed by atoms with van der Waals surface area (Å²) in [5.41, 5.74) is 0.381. The lowest BCUT2D eigenvalue weighted by Crippen LogP contribution is -2.23. The van der Waals surface area contributed by atoms with Gasteiger partial charge in [0.15, 0.2) is 11.2 Å². The summed E-state index contributed by atoms with van der Waals surface area (Å²) in [6.07, 6.45) is 4.86. The molecule has 128 valence electrons. The molecule has 4 rings (SSSR count). The molecule has 0 radical (unpaired) electrons. The standard InChI is InChI=1S/C15H20N6O3/c1-20(2)6-17-15-18-13-11(14(23)19-15)16-7-21(13)10-5-8-3-4-9(22)12(8)24-10/h6-10,12,22H,3-5H2,1-2H3,(H,18,19,23)/b17-6+/t8-,9-,10-,12+/m1/s1. The predicted octanol–water partition coefficient (Wildman–Crippen LogP) is 0.399. The van der Waals surface area contributed by atoms with Gasteiger partial charge in [-0.25, -0.2) is 9.98 Å². The monoisotopic (exact) mass is 332 g/mol. The van der Waals surface area contributed by atoms with Crippen LogP contribution in [0.1, 0.15) is 25.5 Å². The zero-order valence-corrected chi connectivity index (χ0v) is 13.6. The number of ether oxygens (including phenoxy) is 1. The third-order valence-electron chi connectivity index (χ3n) is 4.64. The van der Waals surface area contributed by atoms with E-state index in [9.17, 15) is 9.90 Å². The number of nitrogens with zero attached hydrogens (tertiary/aromatic N) is 5. The van der Waals surface area contributed by atoms with E-state index in [1.54, 1.807) is 22.1 Å². The zero-order valence-electron chi connectivity index (χ0n) is 13.6. The molecule has 2 fully saturated rings. The van der Waals surface area contributed by atoms with E-state index in [1.807, 2.05) is 14.1 Å². The molecule has 0 amide bonds. The molecule has 1 saturated carbocycles. The Kier molecular flexibility index (Phi) is 3.61. The van der Waals surface area contributed by atoms with Gasteiger partial charge in [-0.1, -0.05) is 0 Å². The van der Waals surface area contributed by atoms with Gasteiger partial charge in [0.1, 0.15) is 6.23 Å². The summed E-state index contributed by atoms with van der Waals surface area (Å²) in [6, 6.07) is 0. The molecule has 0 unspecified atom stereocenters. The molecule has 0 spiro atoms. The number of fused-ring (bicyclic) bond motifs is 2. The third-order valence-corrected chi connectivity index (χ3v) is 4.64. The zero-order chi connectivity index (χ0) is 16.8. The SMILES string of the molecule is CN(C)/C=N/c1nc2c(ncn2[C@H]2C[C@H]3CC[C@@H](O)[C@H]3O2)c(=O)[nH]1. The lowest BCUT2D eigenvalue weighted by Gasteiger charge is -2.16. The van der Waals surface area contributed by atoms with Crippen molar-refractivity contribution in [3.63, 3.8) is 0 Å². The first-order chi connectivity index (χ1) is 11.5. The van der Waals surface area contributed by atoms with E-state index in [1.165, 1.54) is 0 Å². The Balaban J connectivity index is 1.70.